The molecule has 0 aromatic heterocycles. The Bertz CT molecular complexity index is 1190. The first-order valence-corrected chi connectivity index (χ1v) is 33.3. The molecule has 0 rings (SSSR count). The van der Waals surface area contributed by atoms with Gasteiger partial charge in [-0.3, -0.25) is 14.4 Å². The maximum Gasteiger partial charge on any atom is 0.306 e. The first-order valence-electron chi connectivity index (χ1n) is 33.3. The molecule has 0 saturated heterocycles. The van der Waals surface area contributed by atoms with Gasteiger partial charge in [-0.05, 0) is 51.4 Å². The summed E-state index contributed by atoms with van der Waals surface area (Å²) >= 11 is 0. The molecular formula is C68H128O6. The van der Waals surface area contributed by atoms with Gasteiger partial charge in [-0.15, -0.1) is 0 Å². The molecule has 0 bridgehead atoms. The minimum Gasteiger partial charge on any atom is -0.462 e. The zero-order chi connectivity index (χ0) is 53.6. The van der Waals surface area contributed by atoms with Gasteiger partial charge in [0.15, 0.2) is 6.10 Å². The Morgan fingerprint density at radius 3 is 0.743 bits per heavy atom. The van der Waals surface area contributed by atoms with E-state index in [-0.39, 0.29) is 31.1 Å². The van der Waals surface area contributed by atoms with Crippen LogP contribution < -0.4 is 0 Å². The third-order valence-corrected chi connectivity index (χ3v) is 15.2. The van der Waals surface area contributed by atoms with E-state index in [9.17, 15) is 14.4 Å². The number of rotatable bonds is 62. The minimum absolute atomic E-state index is 0.0660. The Morgan fingerprint density at radius 1 is 0.270 bits per heavy atom. The molecule has 0 radical (unpaired) electrons. The van der Waals surface area contributed by atoms with Crippen LogP contribution in [0.2, 0.25) is 0 Å². The predicted molar refractivity (Wildman–Crippen MR) is 321 cm³/mol. The maximum atomic E-state index is 12.8. The van der Waals surface area contributed by atoms with Crippen LogP contribution in [-0.4, -0.2) is 37.2 Å². The first-order chi connectivity index (χ1) is 36.5. The van der Waals surface area contributed by atoms with Gasteiger partial charge in [0.25, 0.3) is 0 Å². The summed E-state index contributed by atoms with van der Waals surface area (Å²) in [5, 5.41) is 0. The molecule has 436 valence electrons. The van der Waals surface area contributed by atoms with Gasteiger partial charge in [-0.1, -0.05) is 328 Å². The molecule has 6 heteroatoms. The lowest BCUT2D eigenvalue weighted by atomic mass is 10.0. The van der Waals surface area contributed by atoms with Crippen molar-refractivity contribution in [3.8, 4) is 0 Å². The molecule has 0 N–H and O–H groups in total. The van der Waals surface area contributed by atoms with E-state index in [1.165, 1.54) is 263 Å². The Morgan fingerprint density at radius 2 is 0.486 bits per heavy atom. The summed E-state index contributed by atoms with van der Waals surface area (Å²) in [5.74, 6) is -0.854. The second-order valence-electron chi connectivity index (χ2n) is 22.7. The third kappa shape index (κ3) is 60.8. The predicted octanol–water partition coefficient (Wildman–Crippen LogP) is 22.6. The summed E-state index contributed by atoms with van der Waals surface area (Å²) < 4.78 is 16.8. The number of hydrogen-bond donors (Lipinski definition) is 0. The molecular weight excluding hydrogens is 913 g/mol. The van der Waals surface area contributed by atoms with E-state index in [2.05, 4.69) is 45.1 Å². The molecule has 6 nitrogen and oxygen atoms in total. The first kappa shape index (κ1) is 71.9. The maximum absolute atomic E-state index is 12.8. The van der Waals surface area contributed by atoms with Crippen LogP contribution in [0.4, 0.5) is 0 Å². The molecule has 0 aliphatic carbocycles. The van der Waals surface area contributed by atoms with Crippen molar-refractivity contribution in [2.24, 2.45) is 0 Å². The smallest absolute Gasteiger partial charge is 0.306 e. The molecule has 0 aromatic carbocycles. The summed E-state index contributed by atoms with van der Waals surface area (Å²) in [4.78, 5) is 38.0. The number of unbranched alkanes of at least 4 members (excludes halogenated alkanes) is 47. The van der Waals surface area contributed by atoms with Gasteiger partial charge in [0.2, 0.25) is 0 Å². The van der Waals surface area contributed by atoms with E-state index >= 15 is 0 Å². The Labute approximate surface area is 462 Å². The van der Waals surface area contributed by atoms with Crippen LogP contribution in [0.5, 0.6) is 0 Å². The van der Waals surface area contributed by atoms with Crippen molar-refractivity contribution in [3.63, 3.8) is 0 Å². The zero-order valence-corrected chi connectivity index (χ0v) is 50.1. The lowest BCUT2D eigenvalue weighted by molar-refractivity contribution is -0.167. The number of allylic oxidation sites excluding steroid dienone is 4. The molecule has 0 heterocycles. The quantitative estimate of drug-likeness (QED) is 0.0261. The van der Waals surface area contributed by atoms with E-state index < -0.39 is 6.10 Å². The van der Waals surface area contributed by atoms with Gasteiger partial charge < -0.3 is 14.2 Å². The minimum atomic E-state index is -0.764. The second-order valence-corrected chi connectivity index (χ2v) is 22.7. The Hall–Kier alpha value is -2.11. The van der Waals surface area contributed by atoms with Crippen LogP contribution >= 0.6 is 0 Å². The van der Waals surface area contributed by atoms with Gasteiger partial charge in [-0.25, -0.2) is 0 Å². The summed E-state index contributed by atoms with van der Waals surface area (Å²) in [6.45, 7) is 6.62. The average Bonchev–Trinajstić information content (AvgIpc) is 3.40. The molecule has 0 fully saturated rings. The fourth-order valence-corrected chi connectivity index (χ4v) is 10.2. The van der Waals surface area contributed by atoms with Crippen LogP contribution in [0, 0.1) is 0 Å². The topological polar surface area (TPSA) is 78.9 Å². The summed E-state index contributed by atoms with van der Waals surface area (Å²) in [5.41, 5.74) is 0. The average molecular weight is 1040 g/mol. The van der Waals surface area contributed by atoms with Crippen LogP contribution in [0.25, 0.3) is 0 Å². The van der Waals surface area contributed by atoms with Crippen molar-refractivity contribution in [3.05, 3.63) is 24.3 Å². The van der Waals surface area contributed by atoms with Crippen molar-refractivity contribution in [1.82, 2.24) is 0 Å². The highest BCUT2D eigenvalue weighted by molar-refractivity contribution is 5.71. The molecule has 0 spiro atoms. The number of esters is 3. The lowest BCUT2D eigenvalue weighted by Crippen LogP contribution is -2.30. The normalized spacial score (nSPS) is 12.1. The van der Waals surface area contributed by atoms with Gasteiger partial charge in [0.1, 0.15) is 13.2 Å². The third-order valence-electron chi connectivity index (χ3n) is 15.2. The number of carbonyl (C=O) groups excluding carboxylic acids is 3. The van der Waals surface area contributed by atoms with Crippen molar-refractivity contribution in [1.29, 1.82) is 0 Å². The lowest BCUT2D eigenvalue weighted by Gasteiger charge is -2.18. The molecule has 1 atom stereocenters. The highest BCUT2D eigenvalue weighted by Gasteiger charge is 2.19. The molecule has 0 aromatic rings. The molecule has 0 amide bonds. The van der Waals surface area contributed by atoms with E-state index in [1.54, 1.807) is 0 Å². The van der Waals surface area contributed by atoms with Gasteiger partial charge >= 0.3 is 17.9 Å². The molecule has 0 aliphatic heterocycles. The zero-order valence-electron chi connectivity index (χ0n) is 50.1. The largest absolute Gasteiger partial charge is 0.462 e. The van der Waals surface area contributed by atoms with Crippen molar-refractivity contribution in [2.75, 3.05) is 13.2 Å². The highest BCUT2D eigenvalue weighted by atomic mass is 16.6. The van der Waals surface area contributed by atoms with E-state index in [1.807, 2.05) is 0 Å². The van der Waals surface area contributed by atoms with Gasteiger partial charge in [0.05, 0.1) is 0 Å². The van der Waals surface area contributed by atoms with Gasteiger partial charge in [0, 0.05) is 19.3 Å². The van der Waals surface area contributed by atoms with Gasteiger partial charge in [-0.2, -0.15) is 0 Å². The van der Waals surface area contributed by atoms with E-state index in [4.69, 9.17) is 14.2 Å². The van der Waals surface area contributed by atoms with Crippen LogP contribution in [-0.2, 0) is 28.6 Å². The summed E-state index contributed by atoms with van der Waals surface area (Å²) in [6.07, 6.45) is 76.8. The van der Waals surface area contributed by atoms with Crippen molar-refractivity contribution >= 4 is 17.9 Å². The standard InChI is InChI=1S/C68H128O6/c1-4-7-10-13-15-17-19-21-23-25-27-29-31-33-34-35-37-38-40-42-44-46-48-50-52-55-58-61-67(70)73-64-65(63-72-66(69)60-57-54-12-9-6-3)74-68(71)62-59-56-53-51-49-47-45-43-41-39-36-32-30-28-26-24-22-20-18-16-14-11-8-5-2/h19,21,25,27,65H,4-18,20,22-24,26,28-64H2,1-3H3/b21-19-,27-25-. The second kappa shape index (κ2) is 63.4. The van der Waals surface area contributed by atoms with Crippen LogP contribution in [0.1, 0.15) is 374 Å². The fourth-order valence-electron chi connectivity index (χ4n) is 10.2. The number of carbonyl (C=O) groups is 3. The van der Waals surface area contributed by atoms with Crippen molar-refractivity contribution in [2.45, 2.75) is 380 Å². The Balaban J connectivity index is 3.95. The van der Waals surface area contributed by atoms with E-state index in [0.29, 0.717) is 19.3 Å². The van der Waals surface area contributed by atoms with Crippen molar-refractivity contribution < 1.29 is 28.6 Å². The summed E-state index contributed by atoms with van der Waals surface area (Å²) in [7, 11) is 0. The fraction of sp³-hybridized carbons (Fsp3) is 0.897. The van der Waals surface area contributed by atoms with Crippen LogP contribution in [0.15, 0.2) is 24.3 Å². The molecule has 0 aliphatic rings. The van der Waals surface area contributed by atoms with Crippen LogP contribution in [0.3, 0.4) is 0 Å². The highest BCUT2D eigenvalue weighted by Crippen LogP contribution is 2.18. The number of hydrogen-bond acceptors (Lipinski definition) is 6. The SMILES string of the molecule is CCCCCCC/C=C\C/C=C\CCCCCCCCCCCCCCCCCC(=O)OCC(COC(=O)CCCCCCC)OC(=O)CCCCCCCCCCCCCCCCCCCCCCCCCC. The van der Waals surface area contributed by atoms with E-state index in [0.717, 1.165) is 70.6 Å². The molecule has 74 heavy (non-hydrogen) atoms. The molecule has 1 unspecified atom stereocenters. The summed E-state index contributed by atoms with van der Waals surface area (Å²) in [6, 6.07) is 0. The number of ether oxygens (including phenoxy) is 3. The molecule has 0 saturated carbocycles. The Kier molecular flexibility index (Phi) is 61.6. The monoisotopic (exact) mass is 1040 g/mol.